The third kappa shape index (κ3) is 4.29. The van der Waals surface area contributed by atoms with Crippen LogP contribution in [0.15, 0.2) is 89.3 Å². The quantitative estimate of drug-likeness (QED) is 0.309. The van der Waals surface area contributed by atoms with Crippen LogP contribution in [0.4, 0.5) is 5.69 Å². The molecule has 0 saturated carbocycles. The van der Waals surface area contributed by atoms with E-state index in [2.05, 4.69) is 34.6 Å². The molecule has 1 N–H and O–H groups in total. The van der Waals surface area contributed by atoms with E-state index >= 15 is 0 Å². The number of carbonyl (C=O) groups excluding carboxylic acids is 1. The summed E-state index contributed by atoms with van der Waals surface area (Å²) in [5.41, 5.74) is 6.66. The molecular weight excluding hydrogens is 454 g/mol. The van der Waals surface area contributed by atoms with Gasteiger partial charge in [0.2, 0.25) is 5.91 Å². The topological polar surface area (TPSA) is 64.0 Å². The zero-order valence-corrected chi connectivity index (χ0v) is 20.6. The van der Waals surface area contributed by atoms with Gasteiger partial charge in [-0.1, -0.05) is 66.7 Å². The van der Waals surface area contributed by atoms with Gasteiger partial charge in [-0.2, -0.15) is 0 Å². The number of fused-ring (bicyclic) bond motifs is 1. The summed E-state index contributed by atoms with van der Waals surface area (Å²) in [5, 5.41) is 5.46. The number of hydrogen-bond acceptors (Lipinski definition) is 4. The third-order valence-electron chi connectivity index (χ3n) is 6.48. The molecule has 0 saturated heterocycles. The predicted octanol–water partition coefficient (Wildman–Crippen LogP) is 6.61. The van der Waals surface area contributed by atoms with Crippen molar-refractivity contribution >= 4 is 33.1 Å². The summed E-state index contributed by atoms with van der Waals surface area (Å²) in [6.07, 6.45) is 1.47. The number of benzene rings is 3. The summed E-state index contributed by atoms with van der Waals surface area (Å²) in [5.74, 6) is -0.258. The minimum atomic E-state index is -0.715. The zero-order valence-electron chi connectivity index (χ0n) is 19.8. The molecule has 5 aromatic rings. The molecule has 1 unspecified atom stereocenters. The molecule has 5 rings (SSSR count). The van der Waals surface area contributed by atoms with E-state index in [9.17, 15) is 9.59 Å². The van der Waals surface area contributed by atoms with Crippen molar-refractivity contribution in [2.45, 2.75) is 26.8 Å². The standard InChI is InChI=1S/C29H25N3O2S/c1-18-8-7-11-25(19(18)2)31-27(33)20(3)32-17-30-28-26(29(32)34)24(16-35-28)23-14-12-22(13-15-23)21-9-5-4-6-10-21/h4-17,20H,1-3H3,(H,31,33). The molecule has 6 heteroatoms. The Morgan fingerprint density at radius 2 is 1.60 bits per heavy atom. The Hall–Kier alpha value is -4.03. The normalized spacial score (nSPS) is 12.0. The fraction of sp³-hybridized carbons (Fsp3) is 0.138. The van der Waals surface area contributed by atoms with Gasteiger partial charge >= 0.3 is 0 Å². The van der Waals surface area contributed by atoms with Crippen LogP contribution in [0.1, 0.15) is 24.1 Å². The fourth-order valence-corrected chi connectivity index (χ4v) is 5.06. The van der Waals surface area contributed by atoms with Crippen LogP contribution in [0.25, 0.3) is 32.5 Å². The molecule has 0 radical (unpaired) electrons. The number of nitrogens with one attached hydrogen (secondary N) is 1. The van der Waals surface area contributed by atoms with Crippen LogP contribution in [0.5, 0.6) is 0 Å². The third-order valence-corrected chi connectivity index (χ3v) is 7.37. The van der Waals surface area contributed by atoms with Crippen LogP contribution >= 0.6 is 11.3 Å². The highest BCUT2D eigenvalue weighted by atomic mass is 32.1. The number of thiophene rings is 1. The molecule has 0 aliphatic heterocycles. The van der Waals surface area contributed by atoms with Crippen molar-refractivity contribution in [2.24, 2.45) is 0 Å². The number of hydrogen-bond donors (Lipinski definition) is 1. The van der Waals surface area contributed by atoms with E-state index in [1.165, 1.54) is 22.2 Å². The summed E-state index contributed by atoms with van der Waals surface area (Å²) in [6.45, 7) is 5.69. The van der Waals surface area contributed by atoms with Crippen molar-refractivity contribution in [3.8, 4) is 22.3 Å². The van der Waals surface area contributed by atoms with Gasteiger partial charge in [0.25, 0.3) is 5.56 Å². The first-order valence-corrected chi connectivity index (χ1v) is 12.3. The second-order valence-corrected chi connectivity index (χ2v) is 9.50. The lowest BCUT2D eigenvalue weighted by atomic mass is 10.0. The summed E-state index contributed by atoms with van der Waals surface area (Å²) < 4.78 is 1.41. The molecule has 1 atom stereocenters. The molecule has 1 amide bonds. The highest BCUT2D eigenvalue weighted by molar-refractivity contribution is 7.17. The van der Waals surface area contributed by atoms with E-state index in [1.54, 1.807) is 6.92 Å². The molecule has 0 aliphatic rings. The molecule has 35 heavy (non-hydrogen) atoms. The summed E-state index contributed by atoms with van der Waals surface area (Å²) in [4.78, 5) is 31.7. The van der Waals surface area contributed by atoms with Gasteiger partial charge in [-0.15, -0.1) is 11.3 Å². The van der Waals surface area contributed by atoms with Crippen molar-refractivity contribution in [3.63, 3.8) is 0 Å². The second-order valence-electron chi connectivity index (χ2n) is 8.64. The Kier molecular flexibility index (Phi) is 6.05. The number of carbonyl (C=O) groups is 1. The van der Waals surface area contributed by atoms with Crippen molar-refractivity contribution in [3.05, 3.63) is 106 Å². The highest BCUT2D eigenvalue weighted by Crippen LogP contribution is 2.32. The lowest BCUT2D eigenvalue weighted by Crippen LogP contribution is -2.32. The van der Waals surface area contributed by atoms with E-state index in [4.69, 9.17) is 0 Å². The van der Waals surface area contributed by atoms with Crippen molar-refractivity contribution in [1.29, 1.82) is 0 Å². The summed E-state index contributed by atoms with van der Waals surface area (Å²) in [7, 11) is 0. The van der Waals surface area contributed by atoms with E-state index in [0.29, 0.717) is 10.2 Å². The highest BCUT2D eigenvalue weighted by Gasteiger charge is 2.21. The Bertz CT molecular complexity index is 1580. The maximum absolute atomic E-state index is 13.5. The van der Waals surface area contributed by atoms with Crippen LogP contribution in [-0.4, -0.2) is 15.5 Å². The predicted molar refractivity (Wildman–Crippen MR) is 144 cm³/mol. The number of amides is 1. The van der Waals surface area contributed by atoms with Crippen molar-refractivity contribution < 1.29 is 4.79 Å². The number of aromatic nitrogens is 2. The van der Waals surface area contributed by atoms with Gasteiger partial charge < -0.3 is 5.32 Å². The van der Waals surface area contributed by atoms with Gasteiger partial charge in [0.15, 0.2) is 0 Å². The Balaban J connectivity index is 1.48. The fourth-order valence-electron chi connectivity index (χ4n) is 4.16. The minimum absolute atomic E-state index is 0.220. The summed E-state index contributed by atoms with van der Waals surface area (Å²) in [6, 6.07) is 23.4. The summed E-state index contributed by atoms with van der Waals surface area (Å²) >= 11 is 1.43. The minimum Gasteiger partial charge on any atom is -0.324 e. The van der Waals surface area contributed by atoms with Crippen molar-refractivity contribution in [1.82, 2.24) is 9.55 Å². The molecule has 2 aromatic heterocycles. The van der Waals surface area contributed by atoms with Crippen LogP contribution in [0.3, 0.4) is 0 Å². The molecule has 174 valence electrons. The maximum Gasteiger partial charge on any atom is 0.263 e. The van der Waals surface area contributed by atoms with Crippen LogP contribution in [0.2, 0.25) is 0 Å². The Labute approximate surface area is 207 Å². The number of anilines is 1. The average molecular weight is 480 g/mol. The molecule has 0 bridgehead atoms. The van der Waals surface area contributed by atoms with Gasteiger partial charge in [0.1, 0.15) is 10.9 Å². The molecule has 0 spiro atoms. The van der Waals surface area contributed by atoms with Gasteiger partial charge in [-0.3, -0.25) is 14.2 Å². The molecule has 5 nitrogen and oxygen atoms in total. The van der Waals surface area contributed by atoms with E-state index in [-0.39, 0.29) is 11.5 Å². The van der Waals surface area contributed by atoms with Crippen LogP contribution in [0, 0.1) is 13.8 Å². The SMILES string of the molecule is Cc1cccc(NC(=O)C(C)n2cnc3scc(-c4ccc(-c5ccccc5)cc4)c3c2=O)c1C. The maximum atomic E-state index is 13.5. The molecule has 3 aromatic carbocycles. The molecule has 0 fully saturated rings. The first-order chi connectivity index (χ1) is 16.9. The van der Waals surface area contributed by atoms with Gasteiger partial charge in [0, 0.05) is 16.6 Å². The number of aryl methyl sites for hydroxylation is 1. The van der Waals surface area contributed by atoms with E-state index in [0.717, 1.165) is 39.1 Å². The first kappa shape index (κ1) is 22.7. The Morgan fingerprint density at radius 1 is 0.914 bits per heavy atom. The first-order valence-electron chi connectivity index (χ1n) is 11.5. The van der Waals surface area contributed by atoms with E-state index in [1.807, 2.05) is 67.8 Å². The van der Waals surface area contributed by atoms with Crippen LogP contribution in [-0.2, 0) is 4.79 Å². The van der Waals surface area contributed by atoms with E-state index < -0.39 is 6.04 Å². The van der Waals surface area contributed by atoms with Crippen molar-refractivity contribution in [2.75, 3.05) is 5.32 Å². The van der Waals surface area contributed by atoms with Gasteiger partial charge in [-0.05, 0) is 54.7 Å². The average Bonchev–Trinajstić information content (AvgIpc) is 3.32. The zero-order chi connectivity index (χ0) is 24.5. The number of rotatable bonds is 5. The van der Waals surface area contributed by atoms with Gasteiger partial charge in [-0.25, -0.2) is 4.98 Å². The monoisotopic (exact) mass is 479 g/mol. The lowest BCUT2D eigenvalue weighted by molar-refractivity contribution is -0.118. The molecule has 2 heterocycles. The lowest BCUT2D eigenvalue weighted by Gasteiger charge is -2.17. The smallest absolute Gasteiger partial charge is 0.263 e. The van der Waals surface area contributed by atoms with Gasteiger partial charge in [0.05, 0.1) is 11.7 Å². The molecule has 0 aliphatic carbocycles. The number of nitrogens with zero attached hydrogens (tertiary/aromatic N) is 2. The molecular formula is C29H25N3O2S. The second kappa shape index (κ2) is 9.31. The Morgan fingerprint density at radius 3 is 2.34 bits per heavy atom. The largest absolute Gasteiger partial charge is 0.324 e. The van der Waals surface area contributed by atoms with Crippen LogP contribution < -0.4 is 10.9 Å².